The summed E-state index contributed by atoms with van der Waals surface area (Å²) in [5.41, 5.74) is 0.650. The number of nitrogens with zero attached hydrogens (tertiary/aromatic N) is 1. The summed E-state index contributed by atoms with van der Waals surface area (Å²) in [7, 11) is 0. The number of rotatable bonds is 2. The second-order valence-corrected chi connectivity index (χ2v) is 3.34. The van der Waals surface area contributed by atoms with Crippen molar-refractivity contribution < 1.29 is 8.81 Å². The molecular weight excluding hydrogens is 249 g/mol. The lowest BCUT2D eigenvalue weighted by molar-refractivity contribution is 0.538. The Balaban J connectivity index is 2.39. The van der Waals surface area contributed by atoms with E-state index in [-0.39, 0.29) is 5.82 Å². The largest absolute Gasteiger partial charge is 0.440 e. The van der Waals surface area contributed by atoms with Gasteiger partial charge in [0.15, 0.2) is 0 Å². The minimum absolute atomic E-state index is 0.291. The molecule has 2 nitrogen and oxygen atoms in total. The Bertz CT molecular complexity index is 441. The van der Waals surface area contributed by atoms with E-state index in [2.05, 4.69) is 20.9 Å². The zero-order valence-electron chi connectivity index (χ0n) is 7.21. The van der Waals surface area contributed by atoms with Crippen LogP contribution >= 0.6 is 15.9 Å². The van der Waals surface area contributed by atoms with E-state index in [0.717, 1.165) is 5.76 Å². The molecule has 0 spiro atoms. The van der Waals surface area contributed by atoms with Crippen LogP contribution in [-0.4, -0.2) is 4.98 Å². The van der Waals surface area contributed by atoms with Crippen molar-refractivity contribution in [3.63, 3.8) is 0 Å². The number of oxazole rings is 1. The van der Waals surface area contributed by atoms with Crippen molar-refractivity contribution in [3.8, 4) is 11.5 Å². The zero-order valence-corrected chi connectivity index (χ0v) is 8.79. The molecule has 4 heteroatoms. The highest BCUT2D eigenvalue weighted by atomic mass is 79.9. The Hall–Kier alpha value is -1.16. The van der Waals surface area contributed by atoms with Gasteiger partial charge in [0.25, 0.3) is 0 Å². The Morgan fingerprint density at radius 2 is 2.29 bits per heavy atom. The molecule has 0 aliphatic carbocycles. The third-order valence-corrected chi connectivity index (χ3v) is 2.31. The van der Waals surface area contributed by atoms with E-state index >= 15 is 0 Å². The van der Waals surface area contributed by atoms with Gasteiger partial charge in [0, 0.05) is 5.56 Å². The van der Waals surface area contributed by atoms with Crippen LogP contribution in [0.4, 0.5) is 4.39 Å². The van der Waals surface area contributed by atoms with Gasteiger partial charge in [-0.3, -0.25) is 0 Å². The molecule has 0 amide bonds. The van der Waals surface area contributed by atoms with E-state index in [1.807, 2.05) is 0 Å². The van der Waals surface area contributed by atoms with Crippen molar-refractivity contribution in [2.45, 2.75) is 5.33 Å². The van der Waals surface area contributed by atoms with Gasteiger partial charge in [-0.2, -0.15) is 0 Å². The smallest absolute Gasteiger partial charge is 0.226 e. The molecule has 2 aromatic rings. The first-order valence-corrected chi connectivity index (χ1v) is 5.18. The van der Waals surface area contributed by atoms with Crippen molar-refractivity contribution in [2.75, 3.05) is 0 Å². The number of hydrogen-bond acceptors (Lipinski definition) is 2. The van der Waals surface area contributed by atoms with Crippen LogP contribution < -0.4 is 0 Å². The highest BCUT2D eigenvalue weighted by molar-refractivity contribution is 9.08. The quantitative estimate of drug-likeness (QED) is 0.770. The van der Waals surface area contributed by atoms with E-state index in [9.17, 15) is 4.39 Å². The predicted molar refractivity (Wildman–Crippen MR) is 54.5 cm³/mol. The molecule has 0 aliphatic rings. The van der Waals surface area contributed by atoms with Gasteiger partial charge in [0.1, 0.15) is 11.6 Å². The summed E-state index contributed by atoms with van der Waals surface area (Å²) in [5, 5.41) is 0.606. The molecule has 1 aromatic heterocycles. The third-order valence-electron chi connectivity index (χ3n) is 1.76. The number of benzene rings is 1. The first-order valence-electron chi connectivity index (χ1n) is 4.06. The lowest BCUT2D eigenvalue weighted by Gasteiger charge is -1.94. The Morgan fingerprint density at radius 3 is 2.93 bits per heavy atom. The van der Waals surface area contributed by atoms with Crippen LogP contribution in [0.5, 0.6) is 0 Å². The molecule has 1 aromatic carbocycles. The summed E-state index contributed by atoms with van der Waals surface area (Å²) in [6, 6.07) is 6.16. The van der Waals surface area contributed by atoms with Crippen LogP contribution in [-0.2, 0) is 5.33 Å². The van der Waals surface area contributed by atoms with Crippen LogP contribution in [0.2, 0.25) is 0 Å². The van der Waals surface area contributed by atoms with Crippen LogP contribution in [0, 0.1) is 5.82 Å². The zero-order chi connectivity index (χ0) is 9.97. The Labute approximate surface area is 88.9 Å². The molecule has 0 fully saturated rings. The summed E-state index contributed by atoms with van der Waals surface area (Å²) in [5.74, 6) is 0.879. The standard InChI is InChI=1S/C10H7BrFNO/c11-5-9-6-13-10(14-9)7-2-1-3-8(12)4-7/h1-4,6H,5H2. The number of halogens is 2. The fourth-order valence-corrected chi connectivity index (χ4v) is 1.38. The van der Waals surface area contributed by atoms with Crippen molar-refractivity contribution in [3.05, 3.63) is 42.0 Å². The molecule has 0 bridgehead atoms. The maximum absolute atomic E-state index is 12.9. The van der Waals surface area contributed by atoms with E-state index < -0.39 is 0 Å². The van der Waals surface area contributed by atoms with Gasteiger partial charge in [-0.15, -0.1) is 0 Å². The second-order valence-electron chi connectivity index (χ2n) is 2.78. The topological polar surface area (TPSA) is 26.0 Å². The first kappa shape index (κ1) is 9.40. The predicted octanol–water partition coefficient (Wildman–Crippen LogP) is 3.38. The molecule has 14 heavy (non-hydrogen) atoms. The summed E-state index contributed by atoms with van der Waals surface area (Å²) < 4.78 is 18.2. The normalized spacial score (nSPS) is 10.4. The first-order chi connectivity index (χ1) is 6.79. The van der Waals surface area contributed by atoms with E-state index in [4.69, 9.17) is 4.42 Å². The van der Waals surface area contributed by atoms with Crippen molar-refractivity contribution in [2.24, 2.45) is 0 Å². The molecule has 1 heterocycles. The summed E-state index contributed by atoms with van der Waals surface area (Å²) in [6.07, 6.45) is 1.62. The van der Waals surface area contributed by atoms with Crippen molar-refractivity contribution in [1.29, 1.82) is 0 Å². The molecule has 0 atom stereocenters. The minimum Gasteiger partial charge on any atom is -0.440 e. The van der Waals surface area contributed by atoms with Crippen molar-refractivity contribution >= 4 is 15.9 Å². The van der Waals surface area contributed by atoms with Gasteiger partial charge < -0.3 is 4.42 Å². The van der Waals surface area contributed by atoms with Crippen molar-refractivity contribution in [1.82, 2.24) is 4.98 Å². The SMILES string of the molecule is Fc1cccc(-c2ncc(CBr)o2)c1. The average Bonchev–Trinajstić information content (AvgIpc) is 2.66. The number of aromatic nitrogens is 1. The molecular formula is C10H7BrFNO. The highest BCUT2D eigenvalue weighted by Gasteiger charge is 2.05. The van der Waals surface area contributed by atoms with E-state index in [1.54, 1.807) is 18.3 Å². The molecule has 72 valence electrons. The molecule has 0 unspecified atom stereocenters. The highest BCUT2D eigenvalue weighted by Crippen LogP contribution is 2.20. The third kappa shape index (κ3) is 1.85. The second kappa shape index (κ2) is 3.92. The van der Waals surface area contributed by atoms with Crippen LogP contribution in [0.3, 0.4) is 0 Å². The van der Waals surface area contributed by atoms with Gasteiger partial charge in [-0.1, -0.05) is 22.0 Å². The Morgan fingerprint density at radius 1 is 1.43 bits per heavy atom. The van der Waals surface area contributed by atoms with Gasteiger partial charge in [0.2, 0.25) is 5.89 Å². The van der Waals surface area contributed by atoms with Crippen LogP contribution in [0.25, 0.3) is 11.5 Å². The molecule has 0 N–H and O–H groups in total. The lowest BCUT2D eigenvalue weighted by atomic mass is 10.2. The fraction of sp³-hybridized carbons (Fsp3) is 0.100. The fourth-order valence-electron chi connectivity index (χ4n) is 1.12. The Kier molecular flexibility index (Phi) is 2.63. The molecule has 0 aliphatic heterocycles. The van der Waals surface area contributed by atoms with Gasteiger partial charge in [-0.05, 0) is 18.2 Å². The molecule has 0 saturated carbocycles. The summed E-state index contributed by atoms with van der Waals surface area (Å²) in [6.45, 7) is 0. The van der Waals surface area contributed by atoms with Gasteiger partial charge in [-0.25, -0.2) is 9.37 Å². The number of alkyl halides is 1. The molecule has 2 rings (SSSR count). The average molecular weight is 256 g/mol. The van der Waals surface area contributed by atoms with E-state index in [0.29, 0.717) is 16.8 Å². The summed E-state index contributed by atoms with van der Waals surface area (Å²) in [4.78, 5) is 4.04. The monoisotopic (exact) mass is 255 g/mol. The van der Waals surface area contributed by atoms with Crippen LogP contribution in [0.1, 0.15) is 5.76 Å². The van der Waals surface area contributed by atoms with Gasteiger partial charge in [0.05, 0.1) is 11.5 Å². The lowest BCUT2D eigenvalue weighted by Crippen LogP contribution is -1.78. The number of hydrogen-bond donors (Lipinski definition) is 0. The molecule has 0 radical (unpaired) electrons. The maximum Gasteiger partial charge on any atom is 0.226 e. The summed E-state index contributed by atoms with van der Waals surface area (Å²) >= 11 is 3.25. The minimum atomic E-state index is -0.291. The maximum atomic E-state index is 12.9. The molecule has 0 saturated heterocycles. The van der Waals surface area contributed by atoms with Crippen LogP contribution in [0.15, 0.2) is 34.9 Å². The van der Waals surface area contributed by atoms with E-state index in [1.165, 1.54) is 12.1 Å². The van der Waals surface area contributed by atoms with Gasteiger partial charge >= 0.3 is 0 Å².